The molecule has 0 bridgehead atoms. The summed E-state index contributed by atoms with van der Waals surface area (Å²) in [5, 5.41) is 7.32. The molecule has 37 heavy (non-hydrogen) atoms. The van der Waals surface area contributed by atoms with Crippen LogP contribution in [0.2, 0.25) is 5.02 Å². The van der Waals surface area contributed by atoms with Crippen molar-refractivity contribution < 1.29 is 23.6 Å². The standard InChI is InChI=1S/C27H31ClN4O5/c1-18-20(16-31(2)3)26(30-37-18)27(34)32-13-7-4-8-14-35-23-9-5-6-10-24(23)36-22-12-11-19(28)15-21(22)29-25(33)17-32/h5-6,9-12,15H,4,7-8,13-14,16-17H2,1-3H3,(H,29,33). The number of carbonyl (C=O) groups is 2. The maximum absolute atomic E-state index is 13.5. The quantitative estimate of drug-likeness (QED) is 0.505. The number of halogens is 1. The molecule has 0 unspecified atom stereocenters. The van der Waals surface area contributed by atoms with E-state index in [1.165, 1.54) is 4.90 Å². The highest BCUT2D eigenvalue weighted by atomic mass is 35.5. The Hall–Kier alpha value is -3.56. The first-order valence-corrected chi connectivity index (χ1v) is 12.6. The zero-order valence-electron chi connectivity index (χ0n) is 21.3. The molecule has 1 aromatic heterocycles. The number of benzene rings is 2. The van der Waals surface area contributed by atoms with Crippen LogP contribution in [0, 0.1) is 6.92 Å². The van der Waals surface area contributed by atoms with Crippen LogP contribution >= 0.6 is 11.6 Å². The molecule has 1 aliphatic heterocycles. The summed E-state index contributed by atoms with van der Waals surface area (Å²) in [6, 6.07) is 12.3. The molecule has 2 aromatic carbocycles. The van der Waals surface area contributed by atoms with Crippen LogP contribution in [0.3, 0.4) is 0 Å². The van der Waals surface area contributed by atoms with E-state index in [1.807, 2.05) is 37.2 Å². The number of ether oxygens (including phenoxy) is 2. The van der Waals surface area contributed by atoms with Crippen molar-refractivity contribution in [1.82, 2.24) is 15.0 Å². The number of nitrogens with one attached hydrogen (secondary N) is 1. The van der Waals surface area contributed by atoms with Gasteiger partial charge in [0.05, 0.1) is 12.3 Å². The Kier molecular flexibility index (Phi) is 8.68. The fourth-order valence-corrected chi connectivity index (χ4v) is 4.22. The van der Waals surface area contributed by atoms with Crippen LogP contribution in [0.5, 0.6) is 17.2 Å². The molecule has 0 atom stereocenters. The zero-order chi connectivity index (χ0) is 26.4. The number of hydrogen-bond acceptors (Lipinski definition) is 7. The Labute approximate surface area is 221 Å². The van der Waals surface area contributed by atoms with Crippen molar-refractivity contribution >= 4 is 29.1 Å². The average Bonchev–Trinajstić information content (AvgIpc) is 3.21. The molecule has 4 rings (SSSR count). The summed E-state index contributed by atoms with van der Waals surface area (Å²) in [4.78, 5) is 30.2. The number of carbonyl (C=O) groups excluding carboxylic acids is 2. The van der Waals surface area contributed by atoms with Crippen LogP contribution in [-0.2, 0) is 11.3 Å². The zero-order valence-corrected chi connectivity index (χ0v) is 22.0. The first-order valence-electron chi connectivity index (χ1n) is 12.2. The van der Waals surface area contributed by atoms with Gasteiger partial charge in [-0.3, -0.25) is 9.59 Å². The Bertz CT molecular complexity index is 1260. The molecule has 9 nitrogen and oxygen atoms in total. The van der Waals surface area contributed by atoms with Gasteiger partial charge < -0.3 is 29.1 Å². The minimum atomic E-state index is -0.380. The van der Waals surface area contributed by atoms with E-state index in [0.717, 1.165) is 12.8 Å². The average molecular weight is 527 g/mol. The summed E-state index contributed by atoms with van der Waals surface area (Å²) < 4.78 is 17.4. The molecule has 2 amide bonds. The highest BCUT2D eigenvalue weighted by Crippen LogP contribution is 2.36. The smallest absolute Gasteiger partial charge is 0.276 e. The molecule has 0 saturated carbocycles. The number of hydrogen-bond donors (Lipinski definition) is 1. The van der Waals surface area contributed by atoms with Gasteiger partial charge in [0.2, 0.25) is 5.91 Å². The maximum atomic E-state index is 13.5. The molecular formula is C27H31ClN4O5. The molecular weight excluding hydrogens is 496 g/mol. The largest absolute Gasteiger partial charge is 0.490 e. The SMILES string of the molecule is Cc1onc(C(=O)N2CCCCCOc3ccccc3Oc3ccc(Cl)cc3NC(=O)C2)c1CN(C)C. The van der Waals surface area contributed by atoms with Gasteiger partial charge in [-0.05, 0) is 70.6 Å². The number of nitrogens with zero attached hydrogens (tertiary/aromatic N) is 3. The highest BCUT2D eigenvalue weighted by molar-refractivity contribution is 6.31. The number of anilines is 1. The summed E-state index contributed by atoms with van der Waals surface area (Å²) in [5.41, 5.74) is 1.32. The third-order valence-corrected chi connectivity index (χ3v) is 6.13. The van der Waals surface area contributed by atoms with Crippen molar-refractivity contribution in [2.24, 2.45) is 0 Å². The molecule has 0 spiro atoms. The van der Waals surface area contributed by atoms with Crippen LogP contribution in [0.15, 0.2) is 47.0 Å². The molecule has 1 aliphatic rings. The van der Waals surface area contributed by atoms with Gasteiger partial charge in [-0.25, -0.2) is 0 Å². The van der Waals surface area contributed by atoms with E-state index in [4.69, 9.17) is 25.6 Å². The fourth-order valence-electron chi connectivity index (χ4n) is 4.05. The van der Waals surface area contributed by atoms with E-state index in [1.54, 1.807) is 31.2 Å². The number of aromatic nitrogens is 1. The van der Waals surface area contributed by atoms with E-state index in [2.05, 4.69) is 10.5 Å². The second-order valence-electron chi connectivity index (χ2n) is 9.18. The third-order valence-electron chi connectivity index (χ3n) is 5.90. The molecule has 1 N–H and O–H groups in total. The topological polar surface area (TPSA) is 97.1 Å². The highest BCUT2D eigenvalue weighted by Gasteiger charge is 2.27. The molecule has 196 valence electrons. The van der Waals surface area contributed by atoms with Gasteiger partial charge in [0.25, 0.3) is 5.91 Å². The number of fused-ring (bicyclic) bond motifs is 2. The lowest BCUT2D eigenvalue weighted by atomic mass is 10.1. The second-order valence-corrected chi connectivity index (χ2v) is 9.61. The van der Waals surface area contributed by atoms with Crippen molar-refractivity contribution in [3.8, 4) is 17.2 Å². The van der Waals surface area contributed by atoms with Crippen molar-refractivity contribution in [1.29, 1.82) is 0 Å². The monoisotopic (exact) mass is 526 g/mol. The van der Waals surface area contributed by atoms with Crippen LogP contribution in [0.25, 0.3) is 0 Å². The van der Waals surface area contributed by atoms with Gasteiger partial charge >= 0.3 is 0 Å². The number of rotatable bonds is 3. The summed E-state index contributed by atoms with van der Waals surface area (Å²) >= 11 is 6.22. The van der Waals surface area contributed by atoms with Crippen molar-refractivity contribution in [2.45, 2.75) is 32.7 Å². The molecule has 10 heteroatoms. The van der Waals surface area contributed by atoms with Gasteiger partial charge in [-0.1, -0.05) is 28.9 Å². The van der Waals surface area contributed by atoms with Crippen molar-refractivity contribution in [3.63, 3.8) is 0 Å². The minimum absolute atomic E-state index is 0.162. The van der Waals surface area contributed by atoms with Gasteiger partial charge in [0, 0.05) is 23.7 Å². The van der Waals surface area contributed by atoms with Crippen molar-refractivity contribution in [3.05, 3.63) is 64.5 Å². The maximum Gasteiger partial charge on any atom is 0.276 e. The summed E-state index contributed by atoms with van der Waals surface area (Å²) in [6.45, 7) is 2.99. The third kappa shape index (κ3) is 6.81. The van der Waals surface area contributed by atoms with Crippen LogP contribution in [0.1, 0.15) is 41.1 Å². The van der Waals surface area contributed by atoms with Gasteiger partial charge in [-0.2, -0.15) is 0 Å². The summed E-state index contributed by atoms with van der Waals surface area (Å²) in [6.07, 6.45) is 2.29. The normalized spacial score (nSPS) is 14.9. The van der Waals surface area contributed by atoms with Gasteiger partial charge in [-0.15, -0.1) is 0 Å². The van der Waals surface area contributed by atoms with E-state index < -0.39 is 0 Å². The van der Waals surface area contributed by atoms with E-state index in [9.17, 15) is 9.59 Å². The molecule has 0 aliphatic carbocycles. The Morgan fingerprint density at radius 2 is 1.89 bits per heavy atom. The Morgan fingerprint density at radius 3 is 2.68 bits per heavy atom. The minimum Gasteiger partial charge on any atom is -0.490 e. The van der Waals surface area contributed by atoms with Crippen LogP contribution in [-0.4, -0.2) is 60.6 Å². The first-order chi connectivity index (χ1) is 17.8. The van der Waals surface area contributed by atoms with E-state index in [-0.39, 0.29) is 24.1 Å². The Balaban J connectivity index is 1.62. The lowest BCUT2D eigenvalue weighted by Gasteiger charge is -2.22. The number of amides is 2. The summed E-state index contributed by atoms with van der Waals surface area (Å²) in [5.74, 6) is 1.39. The summed E-state index contributed by atoms with van der Waals surface area (Å²) in [7, 11) is 3.81. The molecule has 2 heterocycles. The molecule has 3 aromatic rings. The van der Waals surface area contributed by atoms with E-state index in [0.29, 0.717) is 65.4 Å². The van der Waals surface area contributed by atoms with E-state index >= 15 is 0 Å². The number of aryl methyl sites for hydroxylation is 1. The predicted octanol–water partition coefficient (Wildman–Crippen LogP) is 5.13. The van der Waals surface area contributed by atoms with Crippen LogP contribution in [0.4, 0.5) is 5.69 Å². The Morgan fingerprint density at radius 1 is 1.11 bits per heavy atom. The first kappa shape index (κ1) is 26.5. The molecule has 0 radical (unpaired) electrons. The second kappa shape index (κ2) is 12.1. The number of para-hydroxylation sites is 2. The fraction of sp³-hybridized carbons (Fsp3) is 0.370. The van der Waals surface area contributed by atoms with Gasteiger partial charge in [0.15, 0.2) is 22.9 Å². The predicted molar refractivity (Wildman–Crippen MR) is 140 cm³/mol. The van der Waals surface area contributed by atoms with Crippen LogP contribution < -0.4 is 14.8 Å². The lowest BCUT2D eigenvalue weighted by molar-refractivity contribution is -0.116. The lowest BCUT2D eigenvalue weighted by Crippen LogP contribution is -2.39. The van der Waals surface area contributed by atoms with Gasteiger partial charge in [0.1, 0.15) is 12.3 Å². The van der Waals surface area contributed by atoms with Crippen molar-refractivity contribution in [2.75, 3.05) is 39.1 Å². The molecule has 0 fully saturated rings. The molecule has 0 saturated heterocycles.